The minimum absolute atomic E-state index is 0.145. The number of carbonyl (C=O) groups excluding carboxylic acids is 1. The van der Waals surface area contributed by atoms with E-state index in [-0.39, 0.29) is 18.0 Å². The Morgan fingerprint density at radius 3 is 2.70 bits per heavy atom. The van der Waals surface area contributed by atoms with Crippen LogP contribution in [0.1, 0.15) is 42.5 Å². The number of rotatable bonds is 5. The van der Waals surface area contributed by atoms with Crippen LogP contribution in [0.2, 0.25) is 0 Å². The minimum Gasteiger partial charge on any atom is -0.478 e. The summed E-state index contributed by atoms with van der Waals surface area (Å²) in [5.41, 5.74) is 6.60. The summed E-state index contributed by atoms with van der Waals surface area (Å²) in [5, 5.41) is 9.32. The molecule has 6 heteroatoms. The monoisotopic (exact) mass is 275 g/mol. The molecule has 0 spiro atoms. The molecule has 1 aromatic carbocycles. The lowest BCUT2D eigenvalue weighted by Gasteiger charge is -2.16. The highest BCUT2D eigenvalue weighted by Gasteiger charge is 2.21. The molecule has 0 saturated heterocycles. The molecule has 0 aliphatic rings. The van der Waals surface area contributed by atoms with Gasteiger partial charge in [-0.3, -0.25) is 4.79 Å². The quantitative estimate of drug-likeness (QED) is 0.868. The Hall–Kier alpha value is -2.37. The Morgan fingerprint density at radius 1 is 1.45 bits per heavy atom. The number of amides is 1. The van der Waals surface area contributed by atoms with Crippen molar-refractivity contribution in [3.63, 3.8) is 0 Å². The molecule has 1 amide bonds. The molecule has 0 radical (unpaired) electrons. The SMILES string of the molecule is CCc1nc2cccc(C(=O)O)c2n1C(C)CC(N)=O. The molecule has 0 aliphatic carbocycles. The van der Waals surface area contributed by atoms with E-state index in [1.54, 1.807) is 18.2 Å². The van der Waals surface area contributed by atoms with Gasteiger partial charge in [-0.05, 0) is 19.1 Å². The predicted molar refractivity (Wildman–Crippen MR) is 74.6 cm³/mol. The zero-order valence-electron chi connectivity index (χ0n) is 11.5. The number of nitrogens with zero attached hydrogens (tertiary/aromatic N) is 2. The molecule has 20 heavy (non-hydrogen) atoms. The summed E-state index contributed by atoms with van der Waals surface area (Å²) in [6.07, 6.45) is 0.795. The lowest BCUT2D eigenvalue weighted by molar-refractivity contribution is -0.118. The zero-order chi connectivity index (χ0) is 14.9. The molecule has 1 aromatic heterocycles. The highest BCUT2D eigenvalue weighted by atomic mass is 16.4. The largest absolute Gasteiger partial charge is 0.478 e. The molecule has 0 saturated carbocycles. The van der Waals surface area contributed by atoms with Crippen LogP contribution in [0.15, 0.2) is 18.2 Å². The third kappa shape index (κ3) is 2.36. The first-order chi connectivity index (χ1) is 9.45. The summed E-state index contributed by atoms with van der Waals surface area (Å²) >= 11 is 0. The number of aromatic carboxylic acids is 1. The fourth-order valence-corrected chi connectivity index (χ4v) is 2.48. The highest BCUT2D eigenvalue weighted by molar-refractivity contribution is 6.01. The van der Waals surface area contributed by atoms with Crippen molar-refractivity contribution in [2.24, 2.45) is 5.73 Å². The van der Waals surface area contributed by atoms with E-state index in [4.69, 9.17) is 5.73 Å². The van der Waals surface area contributed by atoms with Gasteiger partial charge in [-0.1, -0.05) is 13.0 Å². The molecular weight excluding hydrogens is 258 g/mol. The van der Waals surface area contributed by atoms with Crippen molar-refractivity contribution >= 4 is 22.9 Å². The van der Waals surface area contributed by atoms with Gasteiger partial charge in [-0.2, -0.15) is 0 Å². The molecule has 1 heterocycles. The topological polar surface area (TPSA) is 98.2 Å². The molecule has 2 rings (SSSR count). The van der Waals surface area contributed by atoms with Crippen molar-refractivity contribution in [3.05, 3.63) is 29.6 Å². The van der Waals surface area contributed by atoms with Gasteiger partial charge in [0.1, 0.15) is 5.82 Å². The Morgan fingerprint density at radius 2 is 2.15 bits per heavy atom. The molecule has 1 atom stereocenters. The molecule has 2 aromatic rings. The van der Waals surface area contributed by atoms with Crippen molar-refractivity contribution in [2.45, 2.75) is 32.7 Å². The minimum atomic E-state index is -1.01. The van der Waals surface area contributed by atoms with E-state index in [2.05, 4.69) is 4.98 Å². The average Bonchev–Trinajstić information content (AvgIpc) is 2.75. The fourth-order valence-electron chi connectivity index (χ4n) is 2.48. The Balaban J connectivity index is 2.72. The number of para-hydroxylation sites is 1. The van der Waals surface area contributed by atoms with Crippen molar-refractivity contribution in [2.75, 3.05) is 0 Å². The van der Waals surface area contributed by atoms with Gasteiger partial charge in [-0.15, -0.1) is 0 Å². The first kappa shape index (κ1) is 14.0. The number of hydrogen-bond donors (Lipinski definition) is 2. The molecule has 0 aliphatic heterocycles. The summed E-state index contributed by atoms with van der Waals surface area (Å²) in [6.45, 7) is 3.78. The van der Waals surface area contributed by atoms with Gasteiger partial charge in [0.25, 0.3) is 0 Å². The third-order valence-corrected chi connectivity index (χ3v) is 3.27. The van der Waals surface area contributed by atoms with Crippen molar-refractivity contribution in [3.8, 4) is 0 Å². The second-order valence-electron chi connectivity index (χ2n) is 4.75. The van der Waals surface area contributed by atoms with Crippen LogP contribution < -0.4 is 5.73 Å². The first-order valence-corrected chi connectivity index (χ1v) is 6.47. The van der Waals surface area contributed by atoms with E-state index in [1.165, 1.54) is 0 Å². The lowest BCUT2D eigenvalue weighted by atomic mass is 10.1. The average molecular weight is 275 g/mol. The zero-order valence-corrected chi connectivity index (χ0v) is 11.5. The van der Waals surface area contributed by atoms with Gasteiger partial charge >= 0.3 is 5.97 Å². The maximum atomic E-state index is 11.4. The normalized spacial score (nSPS) is 12.5. The maximum absolute atomic E-state index is 11.4. The Labute approximate surface area is 116 Å². The van der Waals surface area contributed by atoms with E-state index in [9.17, 15) is 14.7 Å². The number of nitrogens with two attached hydrogens (primary N) is 1. The lowest BCUT2D eigenvalue weighted by Crippen LogP contribution is -2.19. The number of carbonyl (C=O) groups is 2. The number of imidazole rings is 1. The van der Waals surface area contributed by atoms with Gasteiger partial charge in [0.15, 0.2) is 0 Å². The fraction of sp³-hybridized carbons (Fsp3) is 0.357. The highest BCUT2D eigenvalue weighted by Crippen LogP contribution is 2.26. The van der Waals surface area contributed by atoms with E-state index < -0.39 is 11.9 Å². The Kier molecular flexibility index (Phi) is 3.74. The molecule has 106 valence electrons. The molecule has 0 bridgehead atoms. The molecular formula is C14H17N3O3. The molecule has 3 N–H and O–H groups in total. The van der Waals surface area contributed by atoms with E-state index >= 15 is 0 Å². The summed E-state index contributed by atoms with van der Waals surface area (Å²) in [6, 6.07) is 4.75. The van der Waals surface area contributed by atoms with Crippen LogP contribution in [0.3, 0.4) is 0 Å². The number of aryl methyl sites for hydroxylation is 1. The van der Waals surface area contributed by atoms with Gasteiger partial charge in [0.2, 0.25) is 5.91 Å². The summed E-state index contributed by atoms with van der Waals surface area (Å²) in [5.74, 6) is -0.678. The van der Waals surface area contributed by atoms with Gasteiger partial charge < -0.3 is 15.4 Å². The summed E-state index contributed by atoms with van der Waals surface area (Å²) in [7, 11) is 0. The number of carboxylic acids is 1. The van der Waals surface area contributed by atoms with Crippen molar-refractivity contribution in [1.29, 1.82) is 0 Å². The van der Waals surface area contributed by atoms with Crippen LogP contribution in [-0.2, 0) is 11.2 Å². The number of carboxylic acid groups (broad SMARTS) is 1. The maximum Gasteiger partial charge on any atom is 0.337 e. The predicted octanol–water partition coefficient (Wildman–Crippen LogP) is 1.73. The van der Waals surface area contributed by atoms with Crippen LogP contribution in [0, 0.1) is 0 Å². The third-order valence-electron chi connectivity index (χ3n) is 3.27. The van der Waals surface area contributed by atoms with Crippen LogP contribution in [0.25, 0.3) is 11.0 Å². The van der Waals surface area contributed by atoms with Crippen LogP contribution in [0.4, 0.5) is 0 Å². The van der Waals surface area contributed by atoms with Gasteiger partial charge in [0, 0.05) is 18.9 Å². The number of hydrogen-bond acceptors (Lipinski definition) is 3. The number of primary amides is 1. The number of fused-ring (bicyclic) bond motifs is 1. The van der Waals surface area contributed by atoms with Crippen LogP contribution in [0.5, 0.6) is 0 Å². The smallest absolute Gasteiger partial charge is 0.337 e. The molecule has 1 unspecified atom stereocenters. The van der Waals surface area contributed by atoms with Crippen molar-refractivity contribution in [1.82, 2.24) is 9.55 Å². The van der Waals surface area contributed by atoms with E-state index in [0.717, 1.165) is 5.82 Å². The number of aromatic nitrogens is 2. The number of benzene rings is 1. The van der Waals surface area contributed by atoms with E-state index in [1.807, 2.05) is 18.4 Å². The first-order valence-electron chi connectivity index (χ1n) is 6.47. The summed E-state index contributed by atoms with van der Waals surface area (Å²) < 4.78 is 1.81. The van der Waals surface area contributed by atoms with Crippen molar-refractivity contribution < 1.29 is 14.7 Å². The summed E-state index contributed by atoms with van der Waals surface area (Å²) in [4.78, 5) is 27.0. The Bertz CT molecular complexity index is 676. The molecule has 6 nitrogen and oxygen atoms in total. The second-order valence-corrected chi connectivity index (χ2v) is 4.75. The standard InChI is InChI=1S/C14H17N3O3/c1-3-12-16-10-6-4-5-9(14(19)20)13(10)17(12)8(2)7-11(15)18/h4-6,8H,3,7H2,1-2H3,(H2,15,18)(H,19,20). The van der Waals surface area contributed by atoms with Crippen LogP contribution >= 0.6 is 0 Å². The second kappa shape index (κ2) is 5.32. The molecule has 0 fully saturated rings. The van der Waals surface area contributed by atoms with Crippen LogP contribution in [-0.4, -0.2) is 26.5 Å². The van der Waals surface area contributed by atoms with Gasteiger partial charge in [0.05, 0.1) is 16.6 Å². The van der Waals surface area contributed by atoms with Gasteiger partial charge in [-0.25, -0.2) is 9.78 Å². The van der Waals surface area contributed by atoms with E-state index in [0.29, 0.717) is 17.5 Å².